The van der Waals surface area contributed by atoms with Crippen LogP contribution in [0, 0.1) is 5.92 Å². The van der Waals surface area contributed by atoms with E-state index in [0.29, 0.717) is 29.2 Å². The average Bonchev–Trinajstić information content (AvgIpc) is 3.03. The lowest BCUT2D eigenvalue weighted by Crippen LogP contribution is -2.31. The van der Waals surface area contributed by atoms with Crippen molar-refractivity contribution in [2.24, 2.45) is 5.92 Å². The lowest BCUT2D eigenvalue weighted by atomic mass is 9.84. The Morgan fingerprint density at radius 1 is 1.09 bits per heavy atom. The first kappa shape index (κ1) is 13.9. The number of phenols is 1. The normalized spacial score (nSPS) is 21.7. The van der Waals surface area contributed by atoms with E-state index in [1.54, 1.807) is 6.07 Å². The van der Waals surface area contributed by atoms with Gasteiger partial charge in [-0.1, -0.05) is 13.0 Å². The molecule has 0 aliphatic carbocycles. The molecule has 5 nitrogen and oxygen atoms in total. The molecule has 2 aliphatic rings. The van der Waals surface area contributed by atoms with Gasteiger partial charge in [-0.2, -0.15) is 0 Å². The fraction of sp³-hybridized carbons (Fsp3) is 0.278. The van der Waals surface area contributed by atoms with Gasteiger partial charge in [0.1, 0.15) is 17.6 Å². The molecule has 1 N–H and O–H groups in total. The Morgan fingerprint density at radius 2 is 1.87 bits per heavy atom. The largest absolute Gasteiger partial charge is 0.508 e. The summed E-state index contributed by atoms with van der Waals surface area (Å²) in [6, 6.07) is 10.2. The van der Waals surface area contributed by atoms with Gasteiger partial charge in [0.25, 0.3) is 0 Å². The number of hydrogen-bond donors (Lipinski definition) is 1. The van der Waals surface area contributed by atoms with Crippen molar-refractivity contribution in [3.63, 3.8) is 0 Å². The molecule has 2 atom stereocenters. The number of benzene rings is 2. The summed E-state index contributed by atoms with van der Waals surface area (Å²) in [7, 11) is 0. The minimum Gasteiger partial charge on any atom is -0.508 e. The second-order valence-electron chi connectivity index (χ2n) is 5.71. The second-order valence-corrected chi connectivity index (χ2v) is 5.71. The first-order valence-electron chi connectivity index (χ1n) is 7.61. The van der Waals surface area contributed by atoms with E-state index >= 15 is 0 Å². The van der Waals surface area contributed by atoms with Gasteiger partial charge in [-0.15, -0.1) is 0 Å². The molecule has 0 radical (unpaired) electrons. The highest BCUT2D eigenvalue weighted by Crippen LogP contribution is 2.43. The summed E-state index contributed by atoms with van der Waals surface area (Å²) < 4.78 is 16.8. The highest BCUT2D eigenvalue weighted by atomic mass is 16.7. The van der Waals surface area contributed by atoms with Gasteiger partial charge in [-0.25, -0.2) is 0 Å². The van der Waals surface area contributed by atoms with Crippen LogP contribution in [0.25, 0.3) is 0 Å². The van der Waals surface area contributed by atoms with Crippen LogP contribution in [0.2, 0.25) is 0 Å². The van der Waals surface area contributed by atoms with Crippen molar-refractivity contribution in [1.82, 2.24) is 0 Å². The van der Waals surface area contributed by atoms with Crippen LogP contribution in [0.3, 0.4) is 0 Å². The third-order valence-electron chi connectivity index (χ3n) is 4.35. The monoisotopic (exact) mass is 312 g/mol. The molecule has 0 fully saturated rings. The fourth-order valence-corrected chi connectivity index (χ4v) is 3.16. The minimum absolute atomic E-state index is 0.00711. The fourth-order valence-electron chi connectivity index (χ4n) is 3.16. The van der Waals surface area contributed by atoms with E-state index in [0.717, 1.165) is 5.56 Å². The Kier molecular flexibility index (Phi) is 3.15. The third-order valence-corrected chi connectivity index (χ3v) is 4.35. The van der Waals surface area contributed by atoms with E-state index in [9.17, 15) is 9.90 Å². The van der Waals surface area contributed by atoms with Crippen molar-refractivity contribution >= 4 is 5.78 Å². The van der Waals surface area contributed by atoms with Gasteiger partial charge < -0.3 is 19.3 Å². The van der Waals surface area contributed by atoms with Crippen LogP contribution in [0.1, 0.15) is 35.4 Å². The molecule has 0 saturated heterocycles. The van der Waals surface area contributed by atoms with Gasteiger partial charge in [0.05, 0.1) is 11.5 Å². The summed E-state index contributed by atoms with van der Waals surface area (Å²) in [5.74, 6) is 1.63. The van der Waals surface area contributed by atoms with E-state index in [-0.39, 0.29) is 30.3 Å². The van der Waals surface area contributed by atoms with Crippen LogP contribution in [-0.2, 0) is 0 Å². The lowest BCUT2D eigenvalue weighted by molar-refractivity contribution is 0.0646. The second kappa shape index (κ2) is 5.19. The molecule has 0 aromatic heterocycles. The van der Waals surface area contributed by atoms with Crippen LogP contribution in [0.4, 0.5) is 0 Å². The Hall–Kier alpha value is -2.69. The van der Waals surface area contributed by atoms with Crippen molar-refractivity contribution in [2.75, 3.05) is 6.79 Å². The molecule has 2 aromatic carbocycles. The number of Topliss-reactive ketones (excluding diaryl/α,β-unsaturated/α-hetero) is 1. The van der Waals surface area contributed by atoms with Crippen LogP contribution < -0.4 is 14.2 Å². The predicted octanol–water partition coefficient (Wildman–Crippen LogP) is 3.46. The molecule has 2 aliphatic heterocycles. The van der Waals surface area contributed by atoms with Crippen LogP contribution in [0.15, 0.2) is 36.4 Å². The van der Waals surface area contributed by atoms with Crippen molar-refractivity contribution < 1.29 is 24.1 Å². The first-order chi connectivity index (χ1) is 11.2. The molecule has 0 bridgehead atoms. The van der Waals surface area contributed by atoms with E-state index in [2.05, 4.69) is 0 Å². The van der Waals surface area contributed by atoms with Gasteiger partial charge in [0.15, 0.2) is 17.3 Å². The smallest absolute Gasteiger partial charge is 0.231 e. The van der Waals surface area contributed by atoms with Crippen LogP contribution >= 0.6 is 0 Å². The molecule has 0 spiro atoms. The summed E-state index contributed by atoms with van der Waals surface area (Å²) >= 11 is 0. The van der Waals surface area contributed by atoms with Gasteiger partial charge >= 0.3 is 0 Å². The van der Waals surface area contributed by atoms with Crippen molar-refractivity contribution in [2.45, 2.75) is 19.4 Å². The molecule has 0 saturated carbocycles. The molecule has 0 amide bonds. The van der Waals surface area contributed by atoms with Crippen molar-refractivity contribution in [3.05, 3.63) is 47.5 Å². The molecular weight excluding hydrogens is 296 g/mol. The first-order valence-corrected chi connectivity index (χ1v) is 7.61. The topological polar surface area (TPSA) is 65.0 Å². The standard InChI is InChI=1S/C18H16O5/c1-2-12-17(20)13-8-11(19)4-6-14(13)23-18(12)10-3-5-15-16(7-10)22-9-21-15/h3-8,12,18-19H,2,9H2,1H3. The Labute approximate surface area is 133 Å². The number of ether oxygens (including phenoxy) is 3. The number of aromatic hydroxyl groups is 1. The number of carbonyl (C=O) groups excluding carboxylic acids is 1. The van der Waals surface area contributed by atoms with Crippen molar-refractivity contribution in [1.29, 1.82) is 0 Å². The summed E-state index contributed by atoms with van der Waals surface area (Å²) in [6.45, 7) is 2.17. The molecular formula is C18H16O5. The number of rotatable bonds is 2. The number of ketones is 1. The number of phenolic OH excluding ortho intramolecular Hbond substituents is 1. The maximum Gasteiger partial charge on any atom is 0.231 e. The highest BCUT2D eigenvalue weighted by Gasteiger charge is 2.37. The summed E-state index contributed by atoms with van der Waals surface area (Å²) in [4.78, 5) is 12.8. The van der Waals surface area contributed by atoms with Gasteiger partial charge in [0, 0.05) is 0 Å². The van der Waals surface area contributed by atoms with Crippen LogP contribution in [0.5, 0.6) is 23.0 Å². The molecule has 2 aromatic rings. The molecule has 5 heteroatoms. The molecule has 2 unspecified atom stereocenters. The average molecular weight is 312 g/mol. The Bertz CT molecular complexity index is 783. The zero-order valence-electron chi connectivity index (χ0n) is 12.6. The molecule has 4 rings (SSSR count). The number of hydrogen-bond acceptors (Lipinski definition) is 5. The van der Waals surface area contributed by atoms with Crippen molar-refractivity contribution in [3.8, 4) is 23.0 Å². The van der Waals surface area contributed by atoms with Crippen LogP contribution in [-0.4, -0.2) is 17.7 Å². The minimum atomic E-state index is -0.376. The lowest BCUT2D eigenvalue weighted by Gasteiger charge is -2.32. The van der Waals surface area contributed by atoms with Gasteiger partial charge in [0.2, 0.25) is 6.79 Å². The van der Waals surface area contributed by atoms with E-state index in [4.69, 9.17) is 14.2 Å². The van der Waals surface area contributed by atoms with Gasteiger partial charge in [-0.05, 0) is 42.3 Å². The number of fused-ring (bicyclic) bond motifs is 2. The zero-order chi connectivity index (χ0) is 16.0. The highest BCUT2D eigenvalue weighted by molar-refractivity contribution is 6.02. The SMILES string of the molecule is CCC1C(=O)c2cc(O)ccc2OC1c1ccc2c(c1)OCO2. The zero-order valence-corrected chi connectivity index (χ0v) is 12.6. The Balaban J connectivity index is 1.76. The van der Waals surface area contributed by atoms with Gasteiger partial charge in [-0.3, -0.25) is 4.79 Å². The third kappa shape index (κ3) is 2.20. The Morgan fingerprint density at radius 3 is 2.70 bits per heavy atom. The molecule has 23 heavy (non-hydrogen) atoms. The van der Waals surface area contributed by atoms with E-state index in [1.165, 1.54) is 12.1 Å². The summed E-state index contributed by atoms with van der Waals surface area (Å²) in [5, 5.41) is 9.62. The molecule has 118 valence electrons. The van der Waals surface area contributed by atoms with E-state index in [1.807, 2.05) is 25.1 Å². The summed E-state index contributed by atoms with van der Waals surface area (Å²) in [6.07, 6.45) is 0.270. The maximum atomic E-state index is 12.8. The van der Waals surface area contributed by atoms with E-state index < -0.39 is 0 Å². The molecule has 2 heterocycles. The number of carbonyl (C=O) groups is 1. The quantitative estimate of drug-likeness (QED) is 0.920. The maximum absolute atomic E-state index is 12.8. The summed E-state index contributed by atoms with van der Waals surface area (Å²) in [5.41, 5.74) is 1.32. The predicted molar refractivity (Wildman–Crippen MR) is 82.2 cm³/mol.